The van der Waals surface area contributed by atoms with Crippen LogP contribution in [0.5, 0.6) is 0 Å². The molecule has 2 heterocycles. The van der Waals surface area contributed by atoms with Crippen molar-refractivity contribution < 1.29 is 0 Å². The zero-order valence-corrected chi connectivity index (χ0v) is 59.7. The van der Waals surface area contributed by atoms with E-state index in [9.17, 15) is 0 Å². The summed E-state index contributed by atoms with van der Waals surface area (Å²) in [5.41, 5.74) is 23.5. The number of benzene rings is 16. The topological polar surface area (TPSA) is 13.0 Å². The number of anilines is 12. The van der Waals surface area contributed by atoms with Gasteiger partial charge in [0.25, 0.3) is 0 Å². The summed E-state index contributed by atoms with van der Waals surface area (Å²) in [5.74, 6) is 0. The molecule has 6 heteroatoms. The molecule has 18 aromatic rings. The molecule has 0 aliphatic rings. The second-order valence-electron chi connectivity index (χ2n) is 27.7. The van der Waals surface area contributed by atoms with E-state index < -0.39 is 0 Å². The molecule has 0 amide bonds. The van der Waals surface area contributed by atoms with Crippen LogP contribution in [-0.4, -0.2) is 0 Å². The second-order valence-corrected chi connectivity index (χ2v) is 29.7. The van der Waals surface area contributed by atoms with Crippen LogP contribution in [0, 0.1) is 41.5 Å². The van der Waals surface area contributed by atoms with E-state index in [1.54, 1.807) is 0 Å². The van der Waals surface area contributed by atoms with Crippen LogP contribution in [0.2, 0.25) is 0 Å². The number of hydrogen-bond donors (Lipinski definition) is 0. The molecule has 0 aliphatic carbocycles. The molecule has 0 fully saturated rings. The first kappa shape index (κ1) is 62.5. The van der Waals surface area contributed by atoms with Crippen molar-refractivity contribution in [2.75, 3.05) is 19.6 Å². The Labute approximate surface area is 604 Å². The Balaban J connectivity index is 0.749. The summed E-state index contributed by atoms with van der Waals surface area (Å²) < 4.78 is 5.18. The molecule has 0 unspecified atom stereocenters. The van der Waals surface area contributed by atoms with Gasteiger partial charge in [0.1, 0.15) is 0 Å². The van der Waals surface area contributed by atoms with Crippen LogP contribution in [0.15, 0.2) is 315 Å². The van der Waals surface area contributed by atoms with Gasteiger partial charge in [0.2, 0.25) is 0 Å². The minimum atomic E-state index is 0.848. The standard InChI is InChI=1S/C96H74N4S2/c1-61-41-47-69(48-42-61)97(71-27-15-21-63(3)51-71)89-57-85-86-58-90(78-34-8-12-38-82(78)94(86)101-93(85)81-37-11-7-33-77(81)89)98(70-49-43-62(2)44-50-70)75-31-19-25-67(55-75)45-46-68-26-20-32-76(56-68)100(74-30-18-24-66(6)54-74)92-60-88-87-59-91(99(72-28-16-22-64(4)52-72)73-29-17-23-65(5)53-73)79-35-9-13-39-83(79)95(87)102-96(88)84-40-14-10-36-80(84)92/h7-44,47-60H,45-46H2,1-6H3. The zero-order valence-electron chi connectivity index (χ0n) is 58.0. The van der Waals surface area contributed by atoms with Gasteiger partial charge in [-0.3, -0.25) is 0 Å². The van der Waals surface area contributed by atoms with Gasteiger partial charge < -0.3 is 19.6 Å². The summed E-state index contributed by atoms with van der Waals surface area (Å²) in [6.45, 7) is 13.1. The molecule has 0 N–H and O–H groups in total. The number of fused-ring (bicyclic) bond motifs is 14. The molecule has 102 heavy (non-hydrogen) atoms. The van der Waals surface area contributed by atoms with Crippen molar-refractivity contribution in [1.29, 1.82) is 0 Å². The van der Waals surface area contributed by atoms with Crippen LogP contribution in [0.4, 0.5) is 68.2 Å². The lowest BCUT2D eigenvalue weighted by atomic mass is 9.98. The van der Waals surface area contributed by atoms with Crippen LogP contribution >= 0.6 is 22.7 Å². The molecule has 0 atom stereocenters. The maximum atomic E-state index is 2.51. The van der Waals surface area contributed by atoms with E-state index in [2.05, 4.69) is 377 Å². The molecule has 0 saturated carbocycles. The summed E-state index contributed by atoms with van der Waals surface area (Å²) in [7, 11) is 0. The quantitative estimate of drug-likeness (QED) is 0.101. The molecule has 18 rings (SSSR count). The summed E-state index contributed by atoms with van der Waals surface area (Å²) in [6.07, 6.45) is 1.70. The lowest BCUT2D eigenvalue weighted by Gasteiger charge is -2.28. The Morgan fingerprint density at radius 1 is 0.186 bits per heavy atom. The van der Waals surface area contributed by atoms with E-state index in [1.165, 1.54) is 128 Å². The molecular weight excluding hydrogens is 1270 g/mol. The van der Waals surface area contributed by atoms with Crippen LogP contribution < -0.4 is 19.6 Å². The summed E-state index contributed by atoms with van der Waals surface area (Å²) >= 11 is 3.84. The van der Waals surface area contributed by atoms with Crippen LogP contribution in [0.1, 0.15) is 44.5 Å². The Kier molecular flexibility index (Phi) is 15.8. The maximum Gasteiger partial charge on any atom is 0.0547 e. The van der Waals surface area contributed by atoms with Gasteiger partial charge in [-0.2, -0.15) is 0 Å². The number of nitrogens with zero attached hydrogens (tertiary/aromatic N) is 4. The van der Waals surface area contributed by atoms with Gasteiger partial charge in [-0.05, 0) is 209 Å². The number of hydrogen-bond acceptors (Lipinski definition) is 6. The predicted molar refractivity (Wildman–Crippen MR) is 443 cm³/mol. The van der Waals surface area contributed by atoms with Gasteiger partial charge in [0, 0.05) is 129 Å². The van der Waals surface area contributed by atoms with Crippen molar-refractivity contribution in [3.8, 4) is 0 Å². The summed E-state index contributed by atoms with van der Waals surface area (Å²) in [6, 6.07) is 119. The Hall–Kier alpha value is -11.8. The van der Waals surface area contributed by atoms with Gasteiger partial charge in [-0.25, -0.2) is 0 Å². The number of rotatable bonds is 15. The van der Waals surface area contributed by atoms with Crippen molar-refractivity contribution >= 4 is 174 Å². The third-order valence-electron chi connectivity index (χ3n) is 20.5. The minimum Gasteiger partial charge on any atom is -0.310 e. The highest BCUT2D eigenvalue weighted by Crippen LogP contribution is 2.54. The van der Waals surface area contributed by atoms with Gasteiger partial charge in [0.15, 0.2) is 0 Å². The fraction of sp³-hybridized carbons (Fsp3) is 0.0833. The van der Waals surface area contributed by atoms with E-state index in [0.717, 1.165) is 81.1 Å². The Morgan fingerprint density at radius 2 is 0.422 bits per heavy atom. The normalized spacial score (nSPS) is 11.7. The van der Waals surface area contributed by atoms with Crippen molar-refractivity contribution in [3.63, 3.8) is 0 Å². The summed E-state index contributed by atoms with van der Waals surface area (Å²) in [5, 5.41) is 14.9. The molecule has 4 nitrogen and oxygen atoms in total. The fourth-order valence-corrected chi connectivity index (χ4v) is 18.3. The minimum absolute atomic E-state index is 0.848. The molecule has 490 valence electrons. The van der Waals surface area contributed by atoms with Gasteiger partial charge in [-0.1, -0.05) is 205 Å². The Bertz CT molecular complexity index is 6270. The van der Waals surface area contributed by atoms with E-state index in [4.69, 9.17) is 0 Å². The van der Waals surface area contributed by atoms with Crippen LogP contribution in [-0.2, 0) is 12.8 Å². The molecule has 0 radical (unpaired) electrons. The fourth-order valence-electron chi connectivity index (χ4n) is 15.7. The molecule has 16 aromatic carbocycles. The monoisotopic (exact) mass is 1350 g/mol. The third kappa shape index (κ3) is 11.2. The van der Waals surface area contributed by atoms with E-state index in [0.29, 0.717) is 0 Å². The number of aryl methyl sites for hydroxylation is 8. The molecule has 0 bridgehead atoms. The second kappa shape index (κ2) is 25.7. The first-order valence-electron chi connectivity index (χ1n) is 35.4. The largest absolute Gasteiger partial charge is 0.310 e. The summed E-state index contributed by atoms with van der Waals surface area (Å²) in [4.78, 5) is 9.94. The molecule has 0 spiro atoms. The molecule has 2 aromatic heterocycles. The average Bonchev–Trinajstić information content (AvgIpc) is 1.55. The lowest BCUT2D eigenvalue weighted by molar-refractivity contribution is 0.959. The van der Waals surface area contributed by atoms with Crippen LogP contribution in [0.25, 0.3) is 83.4 Å². The Morgan fingerprint density at radius 3 is 0.686 bits per heavy atom. The SMILES string of the molecule is Cc1ccc(N(c2cccc(C)c2)c2cc3c4cc(N(c5ccc(C)cc5)c5cccc(CCc6cccc(N(c7cccc(C)c7)c7cc8c9cc(N(c%10cccc(C)c%10)c%10cccc(C)c%10)c%10ccccc%10c9sc8c8ccccc78)c6)c5)c5ccccc5c4sc3c3ccccc23)cc1. The molecular formula is C96H74N4S2. The van der Waals surface area contributed by atoms with E-state index in [1.807, 2.05) is 22.7 Å². The maximum absolute atomic E-state index is 2.51. The van der Waals surface area contributed by atoms with Gasteiger partial charge in [0.05, 0.1) is 22.7 Å². The molecule has 0 aliphatic heterocycles. The van der Waals surface area contributed by atoms with Gasteiger partial charge in [-0.15, -0.1) is 22.7 Å². The van der Waals surface area contributed by atoms with Gasteiger partial charge >= 0.3 is 0 Å². The predicted octanol–water partition coefficient (Wildman–Crippen LogP) is 28.6. The average molecular weight is 1350 g/mol. The van der Waals surface area contributed by atoms with Crippen molar-refractivity contribution in [1.82, 2.24) is 0 Å². The van der Waals surface area contributed by atoms with E-state index in [-0.39, 0.29) is 0 Å². The van der Waals surface area contributed by atoms with Crippen molar-refractivity contribution in [2.45, 2.75) is 54.4 Å². The third-order valence-corrected chi connectivity index (χ3v) is 23.1. The smallest absolute Gasteiger partial charge is 0.0547 e. The first-order valence-corrected chi connectivity index (χ1v) is 37.0. The van der Waals surface area contributed by atoms with Crippen LogP contribution in [0.3, 0.4) is 0 Å². The first-order chi connectivity index (χ1) is 50.0. The highest BCUT2D eigenvalue weighted by Gasteiger charge is 2.27. The van der Waals surface area contributed by atoms with Crippen molar-refractivity contribution in [2.24, 2.45) is 0 Å². The highest BCUT2D eigenvalue weighted by atomic mass is 32.1. The molecule has 0 saturated heterocycles. The highest BCUT2D eigenvalue weighted by molar-refractivity contribution is 7.28. The number of thiophene rings is 2. The van der Waals surface area contributed by atoms with E-state index >= 15 is 0 Å². The lowest BCUT2D eigenvalue weighted by Crippen LogP contribution is -2.12. The van der Waals surface area contributed by atoms with Crippen molar-refractivity contribution in [3.05, 3.63) is 360 Å². The zero-order chi connectivity index (χ0) is 68.7.